The number of ether oxygens (including phenoxy) is 1. The molecule has 0 atom stereocenters. The van der Waals surface area contributed by atoms with Gasteiger partial charge >= 0.3 is 0 Å². The molecular formula is C15H15FN2O2S. The number of methoxy groups -OCH3 is 1. The monoisotopic (exact) mass is 306 g/mol. The van der Waals surface area contributed by atoms with Crippen molar-refractivity contribution in [3.63, 3.8) is 0 Å². The predicted molar refractivity (Wildman–Crippen MR) is 82.0 cm³/mol. The number of halogens is 1. The van der Waals surface area contributed by atoms with E-state index in [2.05, 4.69) is 10.3 Å². The number of carbonyl (C=O) groups is 1. The van der Waals surface area contributed by atoms with Gasteiger partial charge in [-0.05, 0) is 23.8 Å². The van der Waals surface area contributed by atoms with Crippen molar-refractivity contribution in [2.75, 3.05) is 18.2 Å². The fraction of sp³-hybridized carbons (Fsp3) is 0.200. The Morgan fingerprint density at radius 1 is 1.29 bits per heavy atom. The summed E-state index contributed by atoms with van der Waals surface area (Å²) in [5.74, 6) is 1.12. The van der Waals surface area contributed by atoms with Crippen LogP contribution < -0.4 is 10.1 Å². The number of hydrogen-bond donors (Lipinski definition) is 1. The minimum absolute atomic E-state index is 0.103. The maximum absolute atomic E-state index is 12.7. The molecule has 0 aliphatic rings. The zero-order valence-corrected chi connectivity index (χ0v) is 12.3. The Morgan fingerprint density at radius 2 is 2.05 bits per heavy atom. The van der Waals surface area contributed by atoms with E-state index in [4.69, 9.17) is 4.74 Å². The molecule has 0 saturated heterocycles. The van der Waals surface area contributed by atoms with Gasteiger partial charge in [0.25, 0.3) is 0 Å². The van der Waals surface area contributed by atoms with Gasteiger partial charge in [0, 0.05) is 11.8 Å². The van der Waals surface area contributed by atoms with Gasteiger partial charge in [0.1, 0.15) is 5.82 Å². The second-order valence-electron chi connectivity index (χ2n) is 4.26. The van der Waals surface area contributed by atoms with E-state index >= 15 is 0 Å². The highest BCUT2D eigenvalue weighted by molar-refractivity contribution is 7.99. The van der Waals surface area contributed by atoms with Gasteiger partial charge in [0.15, 0.2) is 0 Å². The van der Waals surface area contributed by atoms with Gasteiger partial charge in [-0.25, -0.2) is 9.37 Å². The van der Waals surface area contributed by atoms with Gasteiger partial charge in [0.05, 0.1) is 24.7 Å². The minimum atomic E-state index is -0.256. The largest absolute Gasteiger partial charge is 0.481 e. The van der Waals surface area contributed by atoms with E-state index in [0.29, 0.717) is 23.1 Å². The van der Waals surface area contributed by atoms with Crippen LogP contribution in [0.1, 0.15) is 5.56 Å². The number of thioether (sulfide) groups is 1. The molecule has 6 heteroatoms. The first-order valence-electron chi connectivity index (χ1n) is 6.29. The van der Waals surface area contributed by atoms with Crippen molar-refractivity contribution < 1.29 is 13.9 Å². The van der Waals surface area contributed by atoms with Gasteiger partial charge in [-0.2, -0.15) is 0 Å². The number of nitrogens with one attached hydrogen (secondary N) is 1. The Kier molecular flexibility index (Phi) is 5.57. The topological polar surface area (TPSA) is 51.2 Å². The van der Waals surface area contributed by atoms with Crippen LogP contribution in [0.3, 0.4) is 0 Å². The SMILES string of the molecule is COc1ccc(NC(=O)CSCc2ccc(F)cc2)cn1. The molecule has 0 bridgehead atoms. The average molecular weight is 306 g/mol. The van der Waals surface area contributed by atoms with E-state index < -0.39 is 0 Å². The maximum Gasteiger partial charge on any atom is 0.234 e. The minimum Gasteiger partial charge on any atom is -0.481 e. The fourth-order valence-corrected chi connectivity index (χ4v) is 2.40. The van der Waals surface area contributed by atoms with Crippen molar-refractivity contribution >= 4 is 23.4 Å². The maximum atomic E-state index is 12.7. The summed E-state index contributed by atoms with van der Waals surface area (Å²) in [7, 11) is 1.53. The summed E-state index contributed by atoms with van der Waals surface area (Å²) in [4.78, 5) is 15.8. The zero-order valence-electron chi connectivity index (χ0n) is 11.5. The highest BCUT2D eigenvalue weighted by atomic mass is 32.2. The number of aromatic nitrogens is 1. The molecule has 0 saturated carbocycles. The van der Waals surface area contributed by atoms with E-state index in [-0.39, 0.29) is 11.7 Å². The van der Waals surface area contributed by atoms with Crippen LogP contribution in [0.15, 0.2) is 42.6 Å². The smallest absolute Gasteiger partial charge is 0.234 e. The first kappa shape index (κ1) is 15.3. The fourth-order valence-electron chi connectivity index (χ4n) is 1.61. The molecule has 0 aliphatic carbocycles. The second kappa shape index (κ2) is 7.64. The van der Waals surface area contributed by atoms with Crippen LogP contribution in [0.5, 0.6) is 5.88 Å². The number of carbonyl (C=O) groups excluding carboxylic acids is 1. The number of rotatable bonds is 6. The number of benzene rings is 1. The van der Waals surface area contributed by atoms with Crippen LogP contribution in [0, 0.1) is 5.82 Å². The Balaban J connectivity index is 1.75. The lowest BCUT2D eigenvalue weighted by Crippen LogP contribution is -2.14. The van der Waals surface area contributed by atoms with Crippen molar-refractivity contribution in [3.8, 4) is 5.88 Å². The lowest BCUT2D eigenvalue weighted by atomic mass is 10.2. The molecule has 2 rings (SSSR count). The predicted octanol–water partition coefficient (Wildman–Crippen LogP) is 3.10. The Morgan fingerprint density at radius 3 is 2.67 bits per heavy atom. The van der Waals surface area contributed by atoms with E-state index in [0.717, 1.165) is 5.56 Å². The van der Waals surface area contributed by atoms with Crippen LogP contribution in [-0.4, -0.2) is 23.8 Å². The summed E-state index contributed by atoms with van der Waals surface area (Å²) in [5, 5.41) is 2.75. The molecule has 1 heterocycles. The van der Waals surface area contributed by atoms with Crippen molar-refractivity contribution in [2.24, 2.45) is 0 Å². The van der Waals surface area contributed by atoms with Crippen LogP contribution in [0.2, 0.25) is 0 Å². The van der Waals surface area contributed by atoms with E-state index in [1.165, 1.54) is 31.0 Å². The summed E-state index contributed by atoms with van der Waals surface area (Å²) in [6.45, 7) is 0. The van der Waals surface area contributed by atoms with Gasteiger partial charge in [0.2, 0.25) is 11.8 Å². The molecule has 0 unspecified atom stereocenters. The van der Waals surface area contributed by atoms with E-state index in [1.54, 1.807) is 30.5 Å². The molecule has 0 fully saturated rings. The second-order valence-corrected chi connectivity index (χ2v) is 5.24. The molecule has 1 aromatic carbocycles. The third kappa shape index (κ3) is 5.07. The van der Waals surface area contributed by atoms with Gasteiger partial charge in [-0.1, -0.05) is 12.1 Å². The Hall–Kier alpha value is -2.08. The number of anilines is 1. The standard InChI is InChI=1S/C15H15FN2O2S/c1-20-15-7-6-13(8-17-15)18-14(19)10-21-9-11-2-4-12(16)5-3-11/h2-8H,9-10H2,1H3,(H,18,19). The molecule has 110 valence electrons. The van der Waals surface area contributed by atoms with Crippen molar-refractivity contribution in [1.82, 2.24) is 4.98 Å². The molecule has 2 aromatic rings. The third-order valence-corrected chi connectivity index (χ3v) is 3.65. The molecule has 0 radical (unpaired) electrons. The van der Waals surface area contributed by atoms with Crippen molar-refractivity contribution in [3.05, 3.63) is 54.0 Å². The number of hydrogen-bond acceptors (Lipinski definition) is 4. The highest BCUT2D eigenvalue weighted by Gasteiger charge is 2.04. The van der Waals surface area contributed by atoms with Crippen molar-refractivity contribution in [1.29, 1.82) is 0 Å². The van der Waals surface area contributed by atoms with Gasteiger partial charge < -0.3 is 10.1 Å². The van der Waals surface area contributed by atoms with Crippen LogP contribution in [-0.2, 0) is 10.5 Å². The first-order valence-corrected chi connectivity index (χ1v) is 7.45. The zero-order chi connectivity index (χ0) is 15.1. The summed E-state index contributed by atoms with van der Waals surface area (Å²) in [6.07, 6.45) is 1.54. The summed E-state index contributed by atoms with van der Waals surface area (Å²) >= 11 is 1.47. The summed E-state index contributed by atoms with van der Waals surface area (Å²) in [6, 6.07) is 9.68. The molecule has 1 aromatic heterocycles. The molecule has 0 spiro atoms. The number of pyridine rings is 1. The van der Waals surface area contributed by atoms with Crippen molar-refractivity contribution in [2.45, 2.75) is 5.75 Å². The Bertz CT molecular complexity index is 588. The number of amides is 1. The van der Waals surface area contributed by atoms with Crippen LogP contribution >= 0.6 is 11.8 Å². The normalized spacial score (nSPS) is 10.2. The summed E-state index contributed by atoms with van der Waals surface area (Å²) < 4.78 is 17.7. The molecule has 1 amide bonds. The van der Waals surface area contributed by atoms with Crippen LogP contribution in [0.4, 0.5) is 10.1 Å². The third-order valence-electron chi connectivity index (χ3n) is 2.64. The highest BCUT2D eigenvalue weighted by Crippen LogP contribution is 2.14. The molecule has 0 aliphatic heterocycles. The lowest BCUT2D eigenvalue weighted by molar-refractivity contribution is -0.113. The lowest BCUT2D eigenvalue weighted by Gasteiger charge is -2.06. The summed E-state index contributed by atoms with van der Waals surface area (Å²) in [5.41, 5.74) is 1.61. The van der Waals surface area contributed by atoms with Crippen LogP contribution in [0.25, 0.3) is 0 Å². The van der Waals surface area contributed by atoms with E-state index in [1.807, 2.05) is 0 Å². The first-order chi connectivity index (χ1) is 10.2. The van der Waals surface area contributed by atoms with Gasteiger partial charge in [-0.15, -0.1) is 11.8 Å². The number of nitrogens with zero attached hydrogens (tertiary/aromatic N) is 1. The Labute approximate surface area is 126 Å². The van der Waals surface area contributed by atoms with Gasteiger partial charge in [-0.3, -0.25) is 4.79 Å². The molecule has 4 nitrogen and oxygen atoms in total. The molecular weight excluding hydrogens is 291 g/mol. The molecule has 1 N–H and O–H groups in total. The molecule has 21 heavy (non-hydrogen) atoms. The average Bonchev–Trinajstić information content (AvgIpc) is 2.50. The van der Waals surface area contributed by atoms with E-state index in [9.17, 15) is 9.18 Å². The quantitative estimate of drug-likeness (QED) is 0.891.